The molecule has 0 aromatic heterocycles. The van der Waals surface area contributed by atoms with Crippen LogP contribution in [0.25, 0.3) is 0 Å². The van der Waals surface area contributed by atoms with E-state index in [2.05, 4.69) is 90.1 Å². The summed E-state index contributed by atoms with van der Waals surface area (Å²) in [6.07, 6.45) is 0. The molecule has 0 unspecified atom stereocenters. The van der Waals surface area contributed by atoms with Gasteiger partial charge in [0, 0.05) is 0 Å². The molecule has 0 bridgehead atoms. The van der Waals surface area contributed by atoms with Crippen molar-refractivity contribution in [1.29, 1.82) is 0 Å². The van der Waals surface area contributed by atoms with Gasteiger partial charge in [-0.25, -0.2) is 9.98 Å². The molecule has 0 fully saturated rings. The molecule has 40 heavy (non-hydrogen) atoms. The molecule has 0 atom stereocenters. The molecular weight excluding hydrogens is 579 g/mol. The van der Waals surface area contributed by atoms with Crippen molar-refractivity contribution in [2.45, 2.75) is 41.5 Å². The third-order valence-electron chi connectivity index (χ3n) is 6.46. The Kier molecular flexibility index (Phi) is 12.6. The van der Waals surface area contributed by atoms with Crippen LogP contribution in [0.2, 0.25) is 0 Å². The van der Waals surface area contributed by atoms with Crippen LogP contribution < -0.4 is 0 Å². The molecule has 3 nitrogen and oxygen atoms in total. The van der Waals surface area contributed by atoms with Crippen LogP contribution in [0, 0.1) is 41.5 Å². The maximum absolute atomic E-state index is 6.36. The van der Waals surface area contributed by atoms with Crippen molar-refractivity contribution in [1.82, 2.24) is 0 Å². The Hall–Kier alpha value is -2.72. The molecule has 0 saturated carbocycles. The molecule has 0 N–H and O–H groups in total. The summed E-state index contributed by atoms with van der Waals surface area (Å²) >= 11 is 0.194. The third kappa shape index (κ3) is 9.16. The second kappa shape index (κ2) is 15.9. The monoisotopic (exact) mass is 614 g/mol. The summed E-state index contributed by atoms with van der Waals surface area (Å²) in [6, 6.07) is 29.3. The van der Waals surface area contributed by atoms with Crippen LogP contribution in [-0.2, 0) is 17.9 Å². The number of rotatable bonds is 8. The number of nitrogens with zero attached hydrogens (tertiary/aromatic N) is 2. The molecule has 4 aromatic rings. The number of aliphatic imine (C=N–C) groups is 2. The Balaban J connectivity index is 0.00000141. The van der Waals surface area contributed by atoms with Crippen LogP contribution in [0.5, 0.6) is 0 Å². The van der Waals surface area contributed by atoms with E-state index in [9.17, 15) is 0 Å². The van der Waals surface area contributed by atoms with Gasteiger partial charge < -0.3 is 4.74 Å². The molecule has 0 aliphatic carbocycles. The van der Waals surface area contributed by atoms with E-state index in [1.54, 1.807) is 0 Å². The quantitative estimate of drug-likeness (QED) is 0.144. The molecule has 210 valence electrons. The van der Waals surface area contributed by atoms with E-state index in [0.29, 0.717) is 13.2 Å². The summed E-state index contributed by atoms with van der Waals surface area (Å²) < 4.78 is 6.36. The zero-order valence-electron chi connectivity index (χ0n) is 23.9. The fraction of sp³-hybridized carbons (Fsp3) is 0.235. The second-order valence-corrected chi connectivity index (χ2v) is 11.7. The number of aryl methyl sites for hydroxylation is 6. The molecule has 0 amide bonds. The minimum atomic E-state index is 0.194. The van der Waals surface area contributed by atoms with Gasteiger partial charge in [-0.1, -0.05) is 96.1 Å². The number of hydrogen-bond donors (Lipinski definition) is 0. The Morgan fingerprint density at radius 2 is 0.875 bits per heavy atom. The molecule has 4 aromatic carbocycles. The van der Waals surface area contributed by atoms with Gasteiger partial charge in [0.15, 0.2) is 0 Å². The van der Waals surface area contributed by atoms with Crippen molar-refractivity contribution in [3.8, 4) is 0 Å². The SMILES string of the molecule is Cc1cc(C)c(N=C(COCC(=Nc2c(C)cc(C)cc2C)c2ccccc2)c2ccccc2)c(C)c1.[Cl][Fe][Cl]. The molecular formula is C34H36Cl2FeN2O. The molecule has 6 heteroatoms. The summed E-state index contributed by atoms with van der Waals surface area (Å²) in [5, 5.41) is 0. The zero-order chi connectivity index (χ0) is 29.1. The van der Waals surface area contributed by atoms with Crippen LogP contribution in [-0.4, -0.2) is 24.6 Å². The predicted molar refractivity (Wildman–Crippen MR) is 169 cm³/mol. The number of ether oxygens (including phenoxy) is 1. The Bertz CT molecular complexity index is 1310. The van der Waals surface area contributed by atoms with Crippen molar-refractivity contribution >= 4 is 43.0 Å². The van der Waals surface area contributed by atoms with Gasteiger partial charge in [-0.2, -0.15) is 0 Å². The van der Waals surface area contributed by atoms with E-state index >= 15 is 0 Å². The van der Waals surface area contributed by atoms with E-state index in [1.165, 1.54) is 33.4 Å². The van der Waals surface area contributed by atoms with Gasteiger partial charge in [-0.15, -0.1) is 0 Å². The summed E-state index contributed by atoms with van der Waals surface area (Å²) in [6.45, 7) is 13.5. The van der Waals surface area contributed by atoms with Crippen molar-refractivity contribution in [2.24, 2.45) is 9.98 Å². The average molecular weight is 615 g/mol. The van der Waals surface area contributed by atoms with Gasteiger partial charge in [0.2, 0.25) is 0 Å². The maximum atomic E-state index is 6.36. The van der Waals surface area contributed by atoms with E-state index in [-0.39, 0.29) is 13.1 Å². The van der Waals surface area contributed by atoms with Gasteiger partial charge in [-0.3, -0.25) is 0 Å². The number of halogens is 2. The summed E-state index contributed by atoms with van der Waals surface area (Å²) in [5.74, 6) is 0. The molecule has 0 saturated heterocycles. The standard InChI is InChI=1S/C34H36N2O.2ClH.Fe/c1-23-17-25(3)33(26(4)18-23)35-31(29-13-9-7-10-14-29)21-37-22-32(30-15-11-8-12-16-30)36-34-27(5)19-24(2)20-28(34)6;;;/h7-20H,21-22H2,1-6H3;2*1H;/q;;;+2/p-2. The second-order valence-electron chi connectivity index (χ2n) is 9.89. The molecule has 4 rings (SSSR count). The van der Waals surface area contributed by atoms with Crippen LogP contribution in [0.1, 0.15) is 44.5 Å². The fourth-order valence-corrected chi connectivity index (χ4v) is 4.83. The van der Waals surface area contributed by atoms with Crippen molar-refractivity contribution in [2.75, 3.05) is 13.2 Å². The zero-order valence-corrected chi connectivity index (χ0v) is 26.5. The summed E-state index contributed by atoms with van der Waals surface area (Å²) in [7, 11) is 9.53. The number of hydrogen-bond acceptors (Lipinski definition) is 3. The van der Waals surface area contributed by atoms with Gasteiger partial charge in [0.25, 0.3) is 0 Å². The Morgan fingerprint density at radius 1 is 0.575 bits per heavy atom. The van der Waals surface area contributed by atoms with Crippen LogP contribution in [0.4, 0.5) is 11.4 Å². The van der Waals surface area contributed by atoms with Crippen LogP contribution in [0.3, 0.4) is 0 Å². The van der Waals surface area contributed by atoms with Gasteiger partial charge in [-0.05, 0) is 74.9 Å². The van der Waals surface area contributed by atoms with E-state index in [4.69, 9.17) is 34.9 Å². The van der Waals surface area contributed by atoms with Crippen molar-refractivity contribution < 1.29 is 17.9 Å². The summed E-state index contributed by atoms with van der Waals surface area (Å²) in [5.41, 5.74) is 13.1. The topological polar surface area (TPSA) is 34.0 Å². The van der Waals surface area contributed by atoms with Gasteiger partial charge >= 0.3 is 33.3 Å². The summed E-state index contributed by atoms with van der Waals surface area (Å²) in [4.78, 5) is 10.2. The predicted octanol–water partition coefficient (Wildman–Crippen LogP) is 9.87. The molecule has 0 aliphatic rings. The third-order valence-corrected chi connectivity index (χ3v) is 6.46. The van der Waals surface area contributed by atoms with Crippen LogP contribution >= 0.6 is 20.2 Å². The number of benzene rings is 4. The van der Waals surface area contributed by atoms with Crippen LogP contribution in [0.15, 0.2) is 94.9 Å². The Labute approximate surface area is 254 Å². The first-order chi connectivity index (χ1) is 19.2. The van der Waals surface area contributed by atoms with E-state index in [1.807, 2.05) is 36.4 Å². The average Bonchev–Trinajstić information content (AvgIpc) is 2.92. The fourth-order valence-electron chi connectivity index (χ4n) is 4.83. The first-order valence-electron chi connectivity index (χ1n) is 13.1. The molecule has 0 spiro atoms. The Morgan fingerprint density at radius 3 is 1.18 bits per heavy atom. The first kappa shape index (κ1) is 31.8. The van der Waals surface area contributed by atoms with Crippen molar-refractivity contribution in [3.05, 3.63) is 129 Å². The molecule has 0 aliphatic heterocycles. The van der Waals surface area contributed by atoms with Gasteiger partial charge in [0.05, 0.1) is 36.0 Å². The van der Waals surface area contributed by atoms with Crippen molar-refractivity contribution in [3.63, 3.8) is 0 Å². The van der Waals surface area contributed by atoms with E-state index < -0.39 is 0 Å². The van der Waals surface area contributed by atoms with E-state index in [0.717, 1.165) is 33.9 Å². The van der Waals surface area contributed by atoms with Gasteiger partial charge in [0.1, 0.15) is 0 Å². The normalized spacial score (nSPS) is 11.8. The minimum absolute atomic E-state index is 0.194. The molecule has 0 radical (unpaired) electrons. The molecule has 0 heterocycles. The first-order valence-corrected chi connectivity index (χ1v) is 16.1.